The van der Waals surface area contributed by atoms with E-state index in [2.05, 4.69) is 0 Å². The zero-order chi connectivity index (χ0) is 14.4. The van der Waals surface area contributed by atoms with Gasteiger partial charge in [0.2, 0.25) is 6.79 Å². The molecular formula is C16H11FO4. The van der Waals surface area contributed by atoms with E-state index in [1.54, 1.807) is 30.3 Å². The number of hydrogen-bond acceptors (Lipinski definition) is 4. The van der Waals surface area contributed by atoms with Crippen LogP contribution in [0, 0.1) is 5.82 Å². The van der Waals surface area contributed by atoms with Crippen LogP contribution < -0.4 is 9.47 Å². The van der Waals surface area contributed by atoms with Crippen LogP contribution in [0.3, 0.4) is 0 Å². The Kier molecular flexibility index (Phi) is 2.62. The summed E-state index contributed by atoms with van der Waals surface area (Å²) in [6, 6.07) is 11.1. The van der Waals surface area contributed by atoms with E-state index in [4.69, 9.17) is 13.9 Å². The predicted molar refractivity (Wildman–Crippen MR) is 72.8 cm³/mol. The summed E-state index contributed by atoms with van der Waals surface area (Å²) in [4.78, 5) is 0. The average Bonchev–Trinajstić information content (AvgIpc) is 3.11. The SMILES string of the molecule is OC(c1ccc2c(c1)OCO2)c1cc2cc(F)ccc2o1. The molecule has 1 atom stereocenters. The van der Waals surface area contributed by atoms with Crippen LogP contribution in [0.15, 0.2) is 46.9 Å². The molecule has 1 N–H and O–H groups in total. The lowest BCUT2D eigenvalue weighted by Crippen LogP contribution is -1.97. The number of furan rings is 1. The number of hydrogen-bond donors (Lipinski definition) is 1. The van der Waals surface area contributed by atoms with Gasteiger partial charge in [-0.25, -0.2) is 4.39 Å². The van der Waals surface area contributed by atoms with E-state index in [9.17, 15) is 9.50 Å². The maximum absolute atomic E-state index is 13.2. The summed E-state index contributed by atoms with van der Waals surface area (Å²) in [6.07, 6.45) is -0.949. The summed E-state index contributed by atoms with van der Waals surface area (Å²) in [5.41, 5.74) is 1.16. The Morgan fingerprint density at radius 2 is 1.86 bits per heavy atom. The number of rotatable bonds is 2. The minimum absolute atomic E-state index is 0.179. The molecule has 0 saturated carbocycles. The van der Waals surface area contributed by atoms with Gasteiger partial charge in [-0.05, 0) is 42.0 Å². The summed E-state index contributed by atoms with van der Waals surface area (Å²) in [5, 5.41) is 11.0. The fourth-order valence-electron chi connectivity index (χ4n) is 2.42. The second-order valence-corrected chi connectivity index (χ2v) is 4.85. The first-order valence-electron chi connectivity index (χ1n) is 6.47. The van der Waals surface area contributed by atoms with Crippen LogP contribution in [-0.2, 0) is 0 Å². The third kappa shape index (κ3) is 2.02. The fourth-order valence-corrected chi connectivity index (χ4v) is 2.42. The van der Waals surface area contributed by atoms with Crippen LogP contribution in [0.5, 0.6) is 11.5 Å². The topological polar surface area (TPSA) is 51.8 Å². The molecule has 0 bridgehead atoms. The lowest BCUT2D eigenvalue weighted by Gasteiger charge is -2.08. The molecule has 0 saturated heterocycles. The Bertz CT molecular complexity index is 824. The second-order valence-electron chi connectivity index (χ2n) is 4.85. The highest BCUT2D eigenvalue weighted by Crippen LogP contribution is 2.36. The van der Waals surface area contributed by atoms with E-state index in [-0.39, 0.29) is 12.6 Å². The van der Waals surface area contributed by atoms with Gasteiger partial charge >= 0.3 is 0 Å². The number of benzene rings is 2. The first-order chi connectivity index (χ1) is 10.2. The highest BCUT2D eigenvalue weighted by atomic mass is 19.1. The summed E-state index contributed by atoms with van der Waals surface area (Å²) in [5.74, 6) is 1.26. The van der Waals surface area contributed by atoms with Crippen molar-refractivity contribution in [3.8, 4) is 11.5 Å². The van der Waals surface area contributed by atoms with Crippen LogP contribution >= 0.6 is 0 Å². The van der Waals surface area contributed by atoms with Crippen molar-refractivity contribution in [3.63, 3.8) is 0 Å². The molecule has 21 heavy (non-hydrogen) atoms. The van der Waals surface area contributed by atoms with Gasteiger partial charge < -0.3 is 19.0 Å². The number of aliphatic hydroxyl groups is 1. The minimum Gasteiger partial charge on any atom is -0.458 e. The molecule has 2 heterocycles. The highest BCUT2D eigenvalue weighted by Gasteiger charge is 2.20. The molecule has 0 fully saturated rings. The minimum atomic E-state index is -0.949. The molecule has 1 unspecified atom stereocenters. The van der Waals surface area contributed by atoms with Gasteiger partial charge in [-0.2, -0.15) is 0 Å². The van der Waals surface area contributed by atoms with Crippen molar-refractivity contribution in [1.29, 1.82) is 0 Å². The van der Waals surface area contributed by atoms with Crippen molar-refractivity contribution in [1.82, 2.24) is 0 Å². The summed E-state index contributed by atoms with van der Waals surface area (Å²) < 4.78 is 29.3. The van der Waals surface area contributed by atoms with Gasteiger partial charge in [0.1, 0.15) is 23.3 Å². The lowest BCUT2D eigenvalue weighted by atomic mass is 10.1. The Balaban J connectivity index is 1.73. The normalized spacial score (nSPS) is 14.6. The summed E-state index contributed by atoms with van der Waals surface area (Å²) >= 11 is 0. The largest absolute Gasteiger partial charge is 0.458 e. The Hall–Kier alpha value is -2.53. The molecule has 1 aliphatic rings. The Morgan fingerprint density at radius 1 is 1.00 bits per heavy atom. The smallest absolute Gasteiger partial charge is 0.231 e. The molecule has 0 spiro atoms. The molecular weight excluding hydrogens is 275 g/mol. The molecule has 2 aromatic carbocycles. The number of fused-ring (bicyclic) bond motifs is 2. The molecule has 106 valence electrons. The molecule has 1 aromatic heterocycles. The zero-order valence-electron chi connectivity index (χ0n) is 10.9. The third-order valence-electron chi connectivity index (χ3n) is 3.48. The molecule has 5 heteroatoms. The number of ether oxygens (including phenoxy) is 2. The van der Waals surface area contributed by atoms with E-state index in [0.29, 0.717) is 33.8 Å². The highest BCUT2D eigenvalue weighted by molar-refractivity contribution is 5.78. The van der Waals surface area contributed by atoms with Crippen LogP contribution in [0.25, 0.3) is 11.0 Å². The quantitative estimate of drug-likeness (QED) is 0.784. The fraction of sp³-hybridized carbons (Fsp3) is 0.125. The van der Waals surface area contributed by atoms with E-state index < -0.39 is 6.10 Å². The molecule has 0 aliphatic carbocycles. The lowest BCUT2D eigenvalue weighted by molar-refractivity contribution is 0.173. The van der Waals surface area contributed by atoms with Gasteiger partial charge in [0.25, 0.3) is 0 Å². The molecule has 0 amide bonds. The van der Waals surface area contributed by atoms with Gasteiger partial charge in [0.05, 0.1) is 0 Å². The number of aliphatic hydroxyl groups excluding tert-OH is 1. The molecule has 4 rings (SSSR count). The summed E-state index contributed by atoms with van der Waals surface area (Å²) in [6.45, 7) is 0.179. The Morgan fingerprint density at radius 3 is 2.76 bits per heavy atom. The van der Waals surface area contributed by atoms with Crippen molar-refractivity contribution in [2.45, 2.75) is 6.10 Å². The maximum Gasteiger partial charge on any atom is 0.231 e. The predicted octanol–water partition coefficient (Wildman–Crippen LogP) is 3.38. The van der Waals surface area contributed by atoms with Crippen molar-refractivity contribution in [3.05, 3.63) is 59.6 Å². The van der Waals surface area contributed by atoms with Gasteiger partial charge in [-0.1, -0.05) is 6.07 Å². The van der Waals surface area contributed by atoms with E-state index in [1.165, 1.54) is 12.1 Å². The van der Waals surface area contributed by atoms with Crippen molar-refractivity contribution < 1.29 is 23.4 Å². The van der Waals surface area contributed by atoms with Crippen molar-refractivity contribution >= 4 is 11.0 Å². The van der Waals surface area contributed by atoms with Gasteiger partial charge in [-0.15, -0.1) is 0 Å². The molecule has 0 radical (unpaired) electrons. The van der Waals surface area contributed by atoms with Crippen LogP contribution in [0.1, 0.15) is 17.4 Å². The van der Waals surface area contributed by atoms with Crippen molar-refractivity contribution in [2.24, 2.45) is 0 Å². The third-order valence-corrected chi connectivity index (χ3v) is 3.48. The summed E-state index contributed by atoms with van der Waals surface area (Å²) in [7, 11) is 0. The molecule has 1 aliphatic heterocycles. The molecule has 3 aromatic rings. The first kappa shape index (κ1) is 12.2. The van der Waals surface area contributed by atoms with Crippen LogP contribution in [-0.4, -0.2) is 11.9 Å². The van der Waals surface area contributed by atoms with Gasteiger partial charge in [0, 0.05) is 5.39 Å². The second kappa shape index (κ2) is 4.49. The maximum atomic E-state index is 13.2. The Labute approximate surface area is 119 Å². The van der Waals surface area contributed by atoms with E-state index in [1.807, 2.05) is 0 Å². The van der Waals surface area contributed by atoms with E-state index in [0.717, 1.165) is 0 Å². The molecule has 4 nitrogen and oxygen atoms in total. The average molecular weight is 286 g/mol. The monoisotopic (exact) mass is 286 g/mol. The van der Waals surface area contributed by atoms with Gasteiger partial charge in [-0.3, -0.25) is 0 Å². The zero-order valence-corrected chi connectivity index (χ0v) is 10.9. The van der Waals surface area contributed by atoms with E-state index >= 15 is 0 Å². The van der Waals surface area contributed by atoms with Crippen LogP contribution in [0.4, 0.5) is 4.39 Å². The van der Waals surface area contributed by atoms with Gasteiger partial charge in [0.15, 0.2) is 11.5 Å². The standard InChI is InChI=1S/C16H11FO4/c17-11-2-4-12-10(5-11)7-15(21-12)16(18)9-1-3-13-14(6-9)20-8-19-13/h1-7,16,18H,8H2. The van der Waals surface area contributed by atoms with Crippen molar-refractivity contribution in [2.75, 3.05) is 6.79 Å². The number of halogens is 1. The first-order valence-corrected chi connectivity index (χ1v) is 6.47. The van der Waals surface area contributed by atoms with Crippen LogP contribution in [0.2, 0.25) is 0 Å².